The Morgan fingerprint density at radius 1 is 1.31 bits per heavy atom. The fourth-order valence-corrected chi connectivity index (χ4v) is 3.23. The number of morpholine rings is 1. The molecular formula is C18H22N2O6. The van der Waals surface area contributed by atoms with Crippen molar-refractivity contribution in [2.45, 2.75) is 19.4 Å². The molecular weight excluding hydrogens is 340 g/mol. The second-order valence-electron chi connectivity index (χ2n) is 6.46. The summed E-state index contributed by atoms with van der Waals surface area (Å²) < 4.78 is 11.1. The van der Waals surface area contributed by atoms with Gasteiger partial charge in [-0.05, 0) is 23.8 Å². The van der Waals surface area contributed by atoms with Gasteiger partial charge in [-0.15, -0.1) is 0 Å². The van der Waals surface area contributed by atoms with Gasteiger partial charge < -0.3 is 24.4 Å². The molecule has 0 aromatic heterocycles. The summed E-state index contributed by atoms with van der Waals surface area (Å²) in [5.41, 5.74) is 1.63. The molecule has 0 saturated carbocycles. The predicted molar refractivity (Wildman–Crippen MR) is 91.2 cm³/mol. The van der Waals surface area contributed by atoms with Gasteiger partial charge in [-0.1, -0.05) is 0 Å². The first-order valence-corrected chi connectivity index (χ1v) is 8.58. The van der Waals surface area contributed by atoms with Crippen LogP contribution in [0.15, 0.2) is 18.2 Å². The number of fused-ring (bicyclic) bond motifs is 1. The minimum absolute atomic E-state index is 0.0967. The molecule has 2 aliphatic heterocycles. The fraction of sp³-hybridized carbons (Fsp3) is 0.500. The van der Waals surface area contributed by atoms with E-state index in [4.69, 9.17) is 14.6 Å². The SMILES string of the molecule is CC(=O)N(CC(=O)O)CC1CN(C(=O)c2ccc3c(c2)CCO3)CCO1. The molecule has 2 aliphatic rings. The lowest BCUT2D eigenvalue weighted by Gasteiger charge is -2.35. The molecule has 8 nitrogen and oxygen atoms in total. The van der Waals surface area contributed by atoms with Crippen LogP contribution in [0.5, 0.6) is 5.75 Å². The highest BCUT2D eigenvalue weighted by Gasteiger charge is 2.28. The lowest BCUT2D eigenvalue weighted by Crippen LogP contribution is -2.51. The predicted octanol–water partition coefficient (Wildman–Crippen LogP) is 0.396. The van der Waals surface area contributed by atoms with E-state index in [9.17, 15) is 14.4 Å². The van der Waals surface area contributed by atoms with Gasteiger partial charge in [0.25, 0.3) is 5.91 Å². The number of hydrogen-bond donors (Lipinski definition) is 1. The van der Waals surface area contributed by atoms with Crippen LogP contribution in [0, 0.1) is 0 Å². The monoisotopic (exact) mass is 362 g/mol. The van der Waals surface area contributed by atoms with Crippen LogP contribution in [0.25, 0.3) is 0 Å². The Morgan fingerprint density at radius 3 is 2.85 bits per heavy atom. The number of carboxylic acids is 1. The van der Waals surface area contributed by atoms with Crippen LogP contribution in [0.4, 0.5) is 0 Å². The Labute approximate surface area is 151 Å². The van der Waals surface area contributed by atoms with Crippen LogP contribution in [0.1, 0.15) is 22.8 Å². The van der Waals surface area contributed by atoms with Crippen LogP contribution in [0.2, 0.25) is 0 Å². The molecule has 1 unspecified atom stereocenters. The maximum absolute atomic E-state index is 12.8. The Balaban J connectivity index is 1.65. The summed E-state index contributed by atoms with van der Waals surface area (Å²) in [5, 5.41) is 8.92. The molecule has 8 heteroatoms. The first kappa shape index (κ1) is 18.2. The summed E-state index contributed by atoms with van der Waals surface area (Å²) in [4.78, 5) is 38.2. The Bertz CT molecular complexity index is 720. The Morgan fingerprint density at radius 2 is 2.12 bits per heavy atom. The summed E-state index contributed by atoms with van der Waals surface area (Å²) in [7, 11) is 0. The van der Waals surface area contributed by atoms with Gasteiger partial charge in [0.05, 0.1) is 19.3 Å². The maximum Gasteiger partial charge on any atom is 0.323 e. The quantitative estimate of drug-likeness (QED) is 0.814. The van der Waals surface area contributed by atoms with Crippen molar-refractivity contribution in [1.82, 2.24) is 9.80 Å². The van der Waals surface area contributed by atoms with E-state index >= 15 is 0 Å². The minimum atomic E-state index is -1.08. The summed E-state index contributed by atoms with van der Waals surface area (Å²) in [6, 6.07) is 5.43. The van der Waals surface area contributed by atoms with Crippen LogP contribution < -0.4 is 4.74 Å². The molecule has 0 radical (unpaired) electrons. The van der Waals surface area contributed by atoms with Crippen molar-refractivity contribution in [3.05, 3.63) is 29.3 Å². The highest BCUT2D eigenvalue weighted by Crippen LogP contribution is 2.26. The molecule has 1 aromatic carbocycles. The van der Waals surface area contributed by atoms with Gasteiger partial charge in [0.1, 0.15) is 12.3 Å². The maximum atomic E-state index is 12.8. The third-order valence-corrected chi connectivity index (χ3v) is 4.56. The van der Waals surface area contributed by atoms with Crippen molar-refractivity contribution in [2.24, 2.45) is 0 Å². The Kier molecular flexibility index (Phi) is 5.41. The molecule has 1 fully saturated rings. The van der Waals surface area contributed by atoms with Crippen LogP contribution >= 0.6 is 0 Å². The van der Waals surface area contributed by atoms with E-state index in [1.165, 1.54) is 11.8 Å². The zero-order valence-electron chi connectivity index (χ0n) is 14.6. The van der Waals surface area contributed by atoms with E-state index in [1.807, 2.05) is 12.1 Å². The molecule has 1 saturated heterocycles. The number of carbonyl (C=O) groups is 3. The van der Waals surface area contributed by atoms with Gasteiger partial charge in [0.2, 0.25) is 5.91 Å². The van der Waals surface area contributed by atoms with Crippen molar-refractivity contribution >= 4 is 17.8 Å². The van der Waals surface area contributed by atoms with Crippen molar-refractivity contribution in [1.29, 1.82) is 0 Å². The zero-order valence-corrected chi connectivity index (χ0v) is 14.6. The lowest BCUT2D eigenvalue weighted by atomic mass is 10.1. The average molecular weight is 362 g/mol. The number of aliphatic carboxylic acids is 1. The minimum Gasteiger partial charge on any atom is -0.493 e. The number of amides is 2. The van der Waals surface area contributed by atoms with Crippen molar-refractivity contribution in [3.8, 4) is 5.75 Å². The summed E-state index contributed by atoms with van der Waals surface area (Å²) in [6.45, 7) is 2.84. The fourth-order valence-electron chi connectivity index (χ4n) is 3.23. The number of benzene rings is 1. The van der Waals surface area contributed by atoms with E-state index in [0.29, 0.717) is 31.9 Å². The molecule has 0 spiro atoms. The average Bonchev–Trinajstić information content (AvgIpc) is 3.08. The molecule has 0 bridgehead atoms. The third-order valence-electron chi connectivity index (χ3n) is 4.56. The first-order chi connectivity index (χ1) is 12.4. The highest BCUT2D eigenvalue weighted by molar-refractivity contribution is 5.94. The second kappa shape index (κ2) is 7.74. The number of rotatable bonds is 5. The number of carboxylic acid groups (broad SMARTS) is 1. The molecule has 2 heterocycles. The zero-order chi connectivity index (χ0) is 18.7. The molecule has 1 N–H and O–H groups in total. The van der Waals surface area contributed by atoms with Gasteiger partial charge >= 0.3 is 5.97 Å². The smallest absolute Gasteiger partial charge is 0.323 e. The van der Waals surface area contributed by atoms with Crippen LogP contribution in [-0.2, 0) is 20.7 Å². The van der Waals surface area contributed by atoms with E-state index < -0.39 is 12.1 Å². The molecule has 26 heavy (non-hydrogen) atoms. The van der Waals surface area contributed by atoms with E-state index in [2.05, 4.69) is 0 Å². The molecule has 140 valence electrons. The summed E-state index contributed by atoms with van der Waals surface area (Å²) in [5.74, 6) is -0.685. The standard InChI is InChI=1S/C18H22N2O6/c1-12(21)20(11-17(22)23)10-15-9-19(5-7-25-15)18(24)14-2-3-16-13(8-14)4-6-26-16/h2-3,8,15H,4-7,9-11H2,1H3,(H,22,23). The topological polar surface area (TPSA) is 96.4 Å². The molecule has 3 rings (SSSR count). The van der Waals surface area contributed by atoms with Crippen molar-refractivity contribution < 1.29 is 29.0 Å². The molecule has 2 amide bonds. The van der Waals surface area contributed by atoms with Crippen molar-refractivity contribution in [2.75, 3.05) is 39.4 Å². The second-order valence-corrected chi connectivity index (χ2v) is 6.46. The van der Waals surface area contributed by atoms with Crippen LogP contribution in [-0.4, -0.2) is 78.2 Å². The summed E-state index contributed by atoms with van der Waals surface area (Å²) >= 11 is 0. The van der Waals surface area contributed by atoms with Crippen molar-refractivity contribution in [3.63, 3.8) is 0 Å². The number of hydrogen-bond acceptors (Lipinski definition) is 5. The van der Waals surface area contributed by atoms with Gasteiger partial charge in [-0.2, -0.15) is 0 Å². The van der Waals surface area contributed by atoms with E-state index in [1.54, 1.807) is 11.0 Å². The van der Waals surface area contributed by atoms with Gasteiger partial charge in [0, 0.05) is 38.5 Å². The first-order valence-electron chi connectivity index (χ1n) is 8.58. The van der Waals surface area contributed by atoms with E-state index in [-0.39, 0.29) is 24.9 Å². The number of ether oxygens (including phenoxy) is 2. The lowest BCUT2D eigenvalue weighted by molar-refractivity contribution is -0.145. The Hall–Kier alpha value is -2.61. The number of carbonyl (C=O) groups excluding carboxylic acids is 2. The normalized spacial score (nSPS) is 18.8. The molecule has 1 atom stereocenters. The number of nitrogens with zero attached hydrogens (tertiary/aromatic N) is 2. The van der Waals surface area contributed by atoms with Crippen LogP contribution in [0.3, 0.4) is 0 Å². The summed E-state index contributed by atoms with van der Waals surface area (Å²) in [6.07, 6.45) is 0.388. The molecule has 0 aliphatic carbocycles. The van der Waals surface area contributed by atoms with E-state index in [0.717, 1.165) is 17.7 Å². The molecule has 1 aromatic rings. The largest absolute Gasteiger partial charge is 0.493 e. The van der Waals surface area contributed by atoms with Gasteiger partial charge in [-0.3, -0.25) is 14.4 Å². The third kappa shape index (κ3) is 4.13. The van der Waals surface area contributed by atoms with Gasteiger partial charge in [-0.25, -0.2) is 0 Å². The highest BCUT2D eigenvalue weighted by atomic mass is 16.5. The van der Waals surface area contributed by atoms with Gasteiger partial charge in [0.15, 0.2) is 0 Å².